The van der Waals surface area contributed by atoms with Gasteiger partial charge in [0.25, 0.3) is 11.8 Å². The first kappa shape index (κ1) is 18.2. The van der Waals surface area contributed by atoms with Gasteiger partial charge in [0.2, 0.25) is 6.79 Å². The predicted octanol–water partition coefficient (Wildman–Crippen LogP) is 3.18. The van der Waals surface area contributed by atoms with E-state index in [1.165, 1.54) is 6.26 Å². The zero-order chi connectivity index (χ0) is 19.3. The fourth-order valence-corrected chi connectivity index (χ4v) is 3.36. The van der Waals surface area contributed by atoms with Crippen molar-refractivity contribution >= 4 is 17.9 Å². The molecule has 3 heterocycles. The summed E-state index contributed by atoms with van der Waals surface area (Å²) in [5, 5.41) is 2.72. The molecule has 0 aliphatic carbocycles. The van der Waals surface area contributed by atoms with Crippen molar-refractivity contribution in [2.75, 3.05) is 19.9 Å². The lowest BCUT2D eigenvalue weighted by Gasteiger charge is -2.22. The van der Waals surface area contributed by atoms with E-state index in [9.17, 15) is 9.59 Å². The highest BCUT2D eigenvalue weighted by Crippen LogP contribution is 2.33. The predicted molar refractivity (Wildman–Crippen MR) is 102 cm³/mol. The van der Waals surface area contributed by atoms with Crippen molar-refractivity contribution in [2.24, 2.45) is 0 Å². The molecule has 2 aliphatic rings. The summed E-state index contributed by atoms with van der Waals surface area (Å²) in [5.74, 6) is 0.782. The number of carbonyl (C=O) groups is 2. The molecule has 146 valence electrons. The zero-order valence-electron chi connectivity index (χ0n) is 15.5. The van der Waals surface area contributed by atoms with Crippen LogP contribution in [-0.4, -0.2) is 36.6 Å². The van der Waals surface area contributed by atoms with Gasteiger partial charge in [-0.1, -0.05) is 18.9 Å². The Morgan fingerprint density at radius 2 is 1.79 bits per heavy atom. The van der Waals surface area contributed by atoms with Crippen LogP contribution in [0.15, 0.2) is 46.7 Å². The van der Waals surface area contributed by atoms with Crippen molar-refractivity contribution < 1.29 is 23.5 Å². The van der Waals surface area contributed by atoms with Crippen LogP contribution in [0, 0.1) is 0 Å². The van der Waals surface area contributed by atoms with E-state index in [-0.39, 0.29) is 24.2 Å². The standard InChI is InChI=1S/C21H22N2O5/c24-20(18-6-5-11-26-18)22-16(21(25)23-9-3-1-2-4-10-23)12-15-7-8-17-19(13-15)28-14-27-17/h5-8,11-13H,1-4,9-10,14H2,(H,22,24)/b16-12+. The number of carbonyl (C=O) groups excluding carboxylic acids is 2. The highest BCUT2D eigenvalue weighted by Gasteiger charge is 2.23. The Labute approximate surface area is 162 Å². The van der Waals surface area contributed by atoms with Gasteiger partial charge in [0.1, 0.15) is 5.70 Å². The highest BCUT2D eigenvalue weighted by molar-refractivity contribution is 6.04. The monoisotopic (exact) mass is 382 g/mol. The Kier molecular flexibility index (Phi) is 5.32. The molecule has 1 N–H and O–H groups in total. The third kappa shape index (κ3) is 4.03. The van der Waals surface area contributed by atoms with Crippen LogP contribution in [0.3, 0.4) is 0 Å². The number of likely N-dealkylation sites (tertiary alicyclic amines) is 1. The van der Waals surface area contributed by atoms with Gasteiger partial charge in [0, 0.05) is 13.1 Å². The summed E-state index contributed by atoms with van der Waals surface area (Å²) in [4.78, 5) is 27.4. The van der Waals surface area contributed by atoms with E-state index in [4.69, 9.17) is 13.9 Å². The second kappa shape index (κ2) is 8.21. The van der Waals surface area contributed by atoms with E-state index in [1.807, 2.05) is 6.07 Å². The number of amides is 2. The summed E-state index contributed by atoms with van der Waals surface area (Å²) in [6, 6.07) is 8.59. The van der Waals surface area contributed by atoms with Crippen molar-refractivity contribution in [1.82, 2.24) is 10.2 Å². The third-order valence-electron chi connectivity index (χ3n) is 4.82. The maximum absolute atomic E-state index is 13.2. The molecule has 1 aromatic carbocycles. The van der Waals surface area contributed by atoms with Crippen LogP contribution in [-0.2, 0) is 4.79 Å². The number of ether oxygens (including phenoxy) is 2. The minimum atomic E-state index is -0.458. The summed E-state index contributed by atoms with van der Waals surface area (Å²) >= 11 is 0. The molecule has 1 saturated heterocycles. The molecule has 7 nitrogen and oxygen atoms in total. The van der Waals surface area contributed by atoms with Crippen molar-refractivity contribution in [3.8, 4) is 11.5 Å². The molecule has 0 atom stereocenters. The number of hydrogen-bond acceptors (Lipinski definition) is 5. The average molecular weight is 382 g/mol. The molecule has 0 spiro atoms. The maximum atomic E-state index is 13.2. The fraction of sp³-hybridized carbons (Fsp3) is 0.333. The van der Waals surface area contributed by atoms with Crippen molar-refractivity contribution in [3.05, 3.63) is 53.6 Å². The van der Waals surface area contributed by atoms with Crippen LogP contribution in [0.1, 0.15) is 41.8 Å². The van der Waals surface area contributed by atoms with Crippen LogP contribution in [0.25, 0.3) is 6.08 Å². The fourth-order valence-electron chi connectivity index (χ4n) is 3.36. The minimum Gasteiger partial charge on any atom is -0.459 e. The van der Waals surface area contributed by atoms with E-state index in [0.29, 0.717) is 24.6 Å². The van der Waals surface area contributed by atoms with Gasteiger partial charge in [-0.15, -0.1) is 0 Å². The molecule has 0 unspecified atom stereocenters. The van der Waals surface area contributed by atoms with Crippen LogP contribution < -0.4 is 14.8 Å². The molecule has 2 aromatic rings. The SMILES string of the molecule is O=C(N/C(=C/c1ccc2c(c1)OCO2)C(=O)N1CCCCCC1)c1ccco1. The number of furan rings is 1. The van der Waals surface area contributed by atoms with Gasteiger partial charge in [-0.2, -0.15) is 0 Å². The maximum Gasteiger partial charge on any atom is 0.291 e. The molecule has 0 radical (unpaired) electrons. The van der Waals surface area contributed by atoms with Crippen LogP contribution in [0.2, 0.25) is 0 Å². The molecule has 7 heteroatoms. The Morgan fingerprint density at radius 3 is 2.54 bits per heavy atom. The molecule has 2 aliphatic heterocycles. The van der Waals surface area contributed by atoms with Crippen LogP contribution in [0.5, 0.6) is 11.5 Å². The molecule has 0 bridgehead atoms. The second-order valence-corrected chi connectivity index (χ2v) is 6.81. The molecule has 0 saturated carbocycles. The normalized spacial score (nSPS) is 16.6. The van der Waals surface area contributed by atoms with Crippen molar-refractivity contribution in [2.45, 2.75) is 25.7 Å². The number of nitrogens with zero attached hydrogens (tertiary/aromatic N) is 1. The number of rotatable bonds is 4. The zero-order valence-corrected chi connectivity index (χ0v) is 15.5. The van der Waals surface area contributed by atoms with Gasteiger partial charge in [-0.05, 0) is 48.7 Å². The first-order valence-corrected chi connectivity index (χ1v) is 9.46. The summed E-state index contributed by atoms with van der Waals surface area (Å²) in [6.07, 6.45) is 7.25. The molecule has 28 heavy (non-hydrogen) atoms. The number of benzene rings is 1. The molecule has 2 amide bonds. The van der Waals surface area contributed by atoms with E-state index < -0.39 is 5.91 Å². The van der Waals surface area contributed by atoms with Gasteiger partial charge in [0.05, 0.1) is 6.26 Å². The van der Waals surface area contributed by atoms with E-state index in [1.54, 1.807) is 35.2 Å². The first-order chi connectivity index (χ1) is 13.7. The van der Waals surface area contributed by atoms with E-state index >= 15 is 0 Å². The quantitative estimate of drug-likeness (QED) is 0.822. The minimum absolute atomic E-state index is 0.153. The summed E-state index contributed by atoms with van der Waals surface area (Å²) in [7, 11) is 0. The van der Waals surface area contributed by atoms with Gasteiger partial charge in [-0.25, -0.2) is 0 Å². The summed E-state index contributed by atoms with van der Waals surface area (Å²) in [6.45, 7) is 1.55. The number of nitrogens with one attached hydrogen (secondary N) is 1. The first-order valence-electron chi connectivity index (χ1n) is 9.46. The average Bonchev–Trinajstić information content (AvgIpc) is 3.33. The number of hydrogen-bond donors (Lipinski definition) is 1. The lowest BCUT2D eigenvalue weighted by Crippen LogP contribution is -2.38. The molecule has 1 fully saturated rings. The molecular formula is C21H22N2O5. The third-order valence-corrected chi connectivity index (χ3v) is 4.82. The Bertz CT molecular complexity index is 880. The van der Waals surface area contributed by atoms with Gasteiger partial charge in [-0.3, -0.25) is 9.59 Å². The number of fused-ring (bicyclic) bond motifs is 1. The summed E-state index contributed by atoms with van der Waals surface area (Å²) < 4.78 is 15.9. The molecule has 1 aromatic heterocycles. The topological polar surface area (TPSA) is 81.0 Å². The Hall–Kier alpha value is -3.22. The van der Waals surface area contributed by atoms with Gasteiger partial charge < -0.3 is 24.1 Å². The lowest BCUT2D eigenvalue weighted by molar-refractivity contribution is -0.127. The Morgan fingerprint density at radius 1 is 1.00 bits per heavy atom. The van der Waals surface area contributed by atoms with Crippen LogP contribution >= 0.6 is 0 Å². The Balaban J connectivity index is 1.62. The van der Waals surface area contributed by atoms with E-state index in [2.05, 4.69) is 5.32 Å². The molecule has 4 rings (SSSR count). The van der Waals surface area contributed by atoms with Gasteiger partial charge in [0.15, 0.2) is 17.3 Å². The molecular weight excluding hydrogens is 360 g/mol. The second-order valence-electron chi connectivity index (χ2n) is 6.81. The van der Waals surface area contributed by atoms with Crippen LogP contribution in [0.4, 0.5) is 0 Å². The van der Waals surface area contributed by atoms with Crippen molar-refractivity contribution in [3.63, 3.8) is 0 Å². The smallest absolute Gasteiger partial charge is 0.291 e. The van der Waals surface area contributed by atoms with Gasteiger partial charge >= 0.3 is 0 Å². The highest BCUT2D eigenvalue weighted by atomic mass is 16.7. The van der Waals surface area contributed by atoms with E-state index in [0.717, 1.165) is 31.2 Å². The lowest BCUT2D eigenvalue weighted by atomic mass is 10.1. The largest absolute Gasteiger partial charge is 0.459 e. The summed E-state index contributed by atoms with van der Waals surface area (Å²) in [5.41, 5.74) is 0.948. The van der Waals surface area contributed by atoms with Crippen molar-refractivity contribution in [1.29, 1.82) is 0 Å².